The highest BCUT2D eigenvalue weighted by atomic mass is 16.5. The van der Waals surface area contributed by atoms with Crippen molar-refractivity contribution in [3.05, 3.63) is 0 Å². The van der Waals surface area contributed by atoms with Crippen LogP contribution in [0.4, 0.5) is 0 Å². The molecule has 0 rings (SSSR count). The standard InChI is InChI=1S/C12H27NO2/c1-5-7-14-8-9-15-10-12(13-4)11(3)6-2/h11-13H,5-10H2,1-4H3. The molecular weight excluding hydrogens is 190 g/mol. The van der Waals surface area contributed by atoms with Crippen molar-refractivity contribution in [2.45, 2.75) is 39.7 Å². The first-order chi connectivity index (χ1) is 7.26. The third-order valence-corrected chi connectivity index (χ3v) is 2.72. The molecule has 0 amide bonds. The lowest BCUT2D eigenvalue weighted by Crippen LogP contribution is -2.36. The van der Waals surface area contributed by atoms with Crippen LogP contribution in [-0.4, -0.2) is 39.5 Å². The van der Waals surface area contributed by atoms with Gasteiger partial charge in [-0.2, -0.15) is 0 Å². The van der Waals surface area contributed by atoms with Crippen LogP contribution in [0.25, 0.3) is 0 Å². The minimum atomic E-state index is 0.459. The van der Waals surface area contributed by atoms with E-state index in [-0.39, 0.29) is 0 Å². The van der Waals surface area contributed by atoms with Crippen LogP contribution in [0.1, 0.15) is 33.6 Å². The monoisotopic (exact) mass is 217 g/mol. The van der Waals surface area contributed by atoms with Crippen LogP contribution in [0.15, 0.2) is 0 Å². The fourth-order valence-electron chi connectivity index (χ4n) is 1.39. The predicted molar refractivity (Wildman–Crippen MR) is 64.2 cm³/mol. The fraction of sp³-hybridized carbons (Fsp3) is 1.00. The number of hydrogen-bond acceptors (Lipinski definition) is 3. The average molecular weight is 217 g/mol. The van der Waals surface area contributed by atoms with E-state index in [0.29, 0.717) is 25.2 Å². The summed E-state index contributed by atoms with van der Waals surface area (Å²) >= 11 is 0. The third kappa shape index (κ3) is 7.77. The van der Waals surface area contributed by atoms with Gasteiger partial charge in [0, 0.05) is 12.6 Å². The highest BCUT2D eigenvalue weighted by Gasteiger charge is 2.12. The molecule has 0 bridgehead atoms. The summed E-state index contributed by atoms with van der Waals surface area (Å²) in [5.74, 6) is 0.659. The van der Waals surface area contributed by atoms with Crippen LogP contribution >= 0.6 is 0 Å². The Morgan fingerprint density at radius 2 is 1.73 bits per heavy atom. The van der Waals surface area contributed by atoms with Crippen LogP contribution < -0.4 is 5.32 Å². The van der Waals surface area contributed by atoms with Crippen molar-refractivity contribution in [3.8, 4) is 0 Å². The Balaban J connectivity index is 3.38. The molecule has 0 fully saturated rings. The molecule has 0 aromatic heterocycles. The third-order valence-electron chi connectivity index (χ3n) is 2.72. The molecule has 0 saturated carbocycles. The Kier molecular flexibility index (Phi) is 10.3. The highest BCUT2D eigenvalue weighted by molar-refractivity contribution is 4.69. The topological polar surface area (TPSA) is 30.5 Å². The van der Waals surface area contributed by atoms with E-state index < -0.39 is 0 Å². The van der Waals surface area contributed by atoms with Crippen LogP contribution in [0.2, 0.25) is 0 Å². The fourth-order valence-corrected chi connectivity index (χ4v) is 1.39. The summed E-state index contributed by atoms with van der Waals surface area (Å²) in [5.41, 5.74) is 0. The van der Waals surface area contributed by atoms with Crippen LogP contribution in [-0.2, 0) is 9.47 Å². The van der Waals surface area contributed by atoms with E-state index in [9.17, 15) is 0 Å². The molecule has 0 spiro atoms. The van der Waals surface area contributed by atoms with Gasteiger partial charge in [-0.15, -0.1) is 0 Å². The van der Waals surface area contributed by atoms with Crippen molar-refractivity contribution < 1.29 is 9.47 Å². The minimum Gasteiger partial charge on any atom is -0.379 e. The molecular formula is C12H27NO2. The summed E-state index contributed by atoms with van der Waals surface area (Å²) in [6, 6.07) is 0.459. The minimum absolute atomic E-state index is 0.459. The van der Waals surface area contributed by atoms with Gasteiger partial charge in [-0.1, -0.05) is 27.2 Å². The van der Waals surface area contributed by atoms with Gasteiger partial charge >= 0.3 is 0 Å². The van der Waals surface area contributed by atoms with E-state index in [1.54, 1.807) is 0 Å². The molecule has 1 N–H and O–H groups in total. The molecule has 2 atom stereocenters. The van der Waals surface area contributed by atoms with Gasteiger partial charge in [-0.3, -0.25) is 0 Å². The summed E-state index contributed by atoms with van der Waals surface area (Å²) in [6.45, 7) is 9.60. The quantitative estimate of drug-likeness (QED) is 0.568. The SMILES string of the molecule is CCCOCCOCC(NC)C(C)CC. The van der Waals surface area contributed by atoms with Gasteiger partial charge in [-0.25, -0.2) is 0 Å². The summed E-state index contributed by atoms with van der Waals surface area (Å²) in [5, 5.41) is 3.29. The number of nitrogens with one attached hydrogen (secondary N) is 1. The first-order valence-corrected chi connectivity index (χ1v) is 6.08. The van der Waals surface area contributed by atoms with Gasteiger partial charge in [0.2, 0.25) is 0 Å². The lowest BCUT2D eigenvalue weighted by Gasteiger charge is -2.22. The van der Waals surface area contributed by atoms with Crippen molar-refractivity contribution >= 4 is 0 Å². The second kappa shape index (κ2) is 10.4. The zero-order valence-electron chi connectivity index (χ0n) is 10.7. The molecule has 0 aliphatic rings. The first-order valence-electron chi connectivity index (χ1n) is 6.08. The van der Waals surface area contributed by atoms with E-state index in [4.69, 9.17) is 9.47 Å². The van der Waals surface area contributed by atoms with Crippen molar-refractivity contribution in [2.24, 2.45) is 5.92 Å². The van der Waals surface area contributed by atoms with E-state index in [1.165, 1.54) is 6.42 Å². The van der Waals surface area contributed by atoms with Gasteiger partial charge < -0.3 is 14.8 Å². The highest BCUT2D eigenvalue weighted by Crippen LogP contribution is 2.07. The molecule has 92 valence electrons. The number of rotatable bonds is 10. The predicted octanol–water partition coefficient (Wildman–Crippen LogP) is 2.06. The van der Waals surface area contributed by atoms with Crippen LogP contribution in [0.3, 0.4) is 0 Å². The van der Waals surface area contributed by atoms with Crippen molar-refractivity contribution in [1.82, 2.24) is 5.32 Å². The second-order valence-corrected chi connectivity index (χ2v) is 3.97. The van der Waals surface area contributed by atoms with Gasteiger partial charge in [0.1, 0.15) is 0 Å². The maximum atomic E-state index is 5.57. The molecule has 15 heavy (non-hydrogen) atoms. The summed E-state index contributed by atoms with van der Waals surface area (Å²) in [4.78, 5) is 0. The molecule has 0 aromatic carbocycles. The molecule has 3 nitrogen and oxygen atoms in total. The van der Waals surface area contributed by atoms with Crippen LogP contribution in [0.5, 0.6) is 0 Å². The Morgan fingerprint density at radius 1 is 1.07 bits per heavy atom. The second-order valence-electron chi connectivity index (χ2n) is 3.97. The Labute approximate surface area is 94.5 Å². The summed E-state index contributed by atoms with van der Waals surface area (Å²) < 4.78 is 10.9. The van der Waals surface area contributed by atoms with E-state index in [1.807, 2.05) is 7.05 Å². The maximum absolute atomic E-state index is 5.57. The largest absolute Gasteiger partial charge is 0.379 e. The van der Waals surface area contributed by atoms with Gasteiger partial charge in [0.05, 0.1) is 19.8 Å². The molecule has 0 aliphatic heterocycles. The summed E-state index contributed by atoms with van der Waals surface area (Å²) in [7, 11) is 1.99. The molecule has 0 aliphatic carbocycles. The zero-order valence-corrected chi connectivity index (χ0v) is 10.7. The van der Waals surface area contributed by atoms with Crippen LogP contribution in [0, 0.1) is 5.92 Å². The smallest absolute Gasteiger partial charge is 0.0701 e. The van der Waals surface area contributed by atoms with E-state index in [0.717, 1.165) is 19.6 Å². The van der Waals surface area contributed by atoms with Gasteiger partial charge in [0.15, 0.2) is 0 Å². The average Bonchev–Trinajstić information content (AvgIpc) is 2.27. The Hall–Kier alpha value is -0.120. The Morgan fingerprint density at radius 3 is 2.27 bits per heavy atom. The number of likely N-dealkylation sites (N-methyl/N-ethyl adjacent to an activating group) is 1. The summed E-state index contributed by atoms with van der Waals surface area (Å²) in [6.07, 6.45) is 2.26. The number of ether oxygens (including phenoxy) is 2. The van der Waals surface area contributed by atoms with Gasteiger partial charge in [0.25, 0.3) is 0 Å². The molecule has 0 heterocycles. The number of hydrogen-bond donors (Lipinski definition) is 1. The van der Waals surface area contributed by atoms with Crippen molar-refractivity contribution in [3.63, 3.8) is 0 Å². The lowest BCUT2D eigenvalue weighted by molar-refractivity contribution is 0.0340. The van der Waals surface area contributed by atoms with Crippen molar-refractivity contribution in [2.75, 3.05) is 33.5 Å². The molecule has 0 saturated heterocycles. The molecule has 0 radical (unpaired) electrons. The first kappa shape index (κ1) is 14.9. The van der Waals surface area contributed by atoms with Crippen molar-refractivity contribution in [1.29, 1.82) is 0 Å². The van der Waals surface area contributed by atoms with E-state index >= 15 is 0 Å². The zero-order chi connectivity index (χ0) is 11.5. The lowest BCUT2D eigenvalue weighted by atomic mass is 10.0. The van der Waals surface area contributed by atoms with Gasteiger partial charge in [-0.05, 0) is 19.4 Å². The normalized spacial score (nSPS) is 15.2. The van der Waals surface area contributed by atoms with E-state index in [2.05, 4.69) is 26.1 Å². The molecule has 0 aromatic rings. The molecule has 2 unspecified atom stereocenters. The maximum Gasteiger partial charge on any atom is 0.0701 e. The molecule has 3 heteroatoms. The Bertz CT molecular complexity index is 131.